The third-order valence-corrected chi connectivity index (χ3v) is 5.98. The quantitative estimate of drug-likeness (QED) is 0.228. The van der Waals surface area contributed by atoms with Gasteiger partial charge in [0.15, 0.2) is 4.80 Å². The molecule has 0 aliphatic rings. The SMILES string of the molecule is Br.CCOc1ccc(N=c2scc(-c3ccc(Br)cc3)n2-c2ccc(OCC)cc2)cc1. The number of hydrogen-bond donors (Lipinski definition) is 0. The Kier molecular flexibility index (Phi) is 8.73. The highest BCUT2D eigenvalue weighted by Gasteiger charge is 2.11. The van der Waals surface area contributed by atoms with E-state index in [1.807, 2.05) is 50.2 Å². The van der Waals surface area contributed by atoms with Gasteiger partial charge in [-0.25, -0.2) is 4.99 Å². The summed E-state index contributed by atoms with van der Waals surface area (Å²) in [6, 6.07) is 24.3. The van der Waals surface area contributed by atoms with Crippen LogP contribution in [0.1, 0.15) is 13.8 Å². The number of hydrogen-bond acceptors (Lipinski definition) is 4. The van der Waals surface area contributed by atoms with Crippen LogP contribution in [-0.4, -0.2) is 17.8 Å². The van der Waals surface area contributed by atoms with E-state index in [0.29, 0.717) is 13.2 Å². The van der Waals surface area contributed by atoms with Crippen molar-refractivity contribution in [3.05, 3.63) is 87.5 Å². The Hall–Kier alpha value is -2.35. The van der Waals surface area contributed by atoms with E-state index < -0.39 is 0 Å². The van der Waals surface area contributed by atoms with Gasteiger partial charge >= 0.3 is 0 Å². The third-order valence-electron chi connectivity index (χ3n) is 4.63. The van der Waals surface area contributed by atoms with Crippen LogP contribution in [0.3, 0.4) is 0 Å². The fraction of sp³-hybridized carbons (Fsp3) is 0.160. The molecule has 4 nitrogen and oxygen atoms in total. The molecule has 1 heterocycles. The van der Waals surface area contributed by atoms with Gasteiger partial charge in [-0.05, 0) is 80.1 Å². The minimum Gasteiger partial charge on any atom is -0.494 e. The Morgan fingerprint density at radius 1 is 0.812 bits per heavy atom. The number of halogens is 2. The molecule has 32 heavy (non-hydrogen) atoms. The minimum atomic E-state index is 0. The second-order valence-electron chi connectivity index (χ2n) is 6.71. The average molecular weight is 576 g/mol. The molecule has 7 heteroatoms. The van der Waals surface area contributed by atoms with Gasteiger partial charge in [-0.2, -0.15) is 0 Å². The fourth-order valence-corrected chi connectivity index (χ4v) is 4.40. The van der Waals surface area contributed by atoms with Crippen LogP contribution in [-0.2, 0) is 0 Å². The summed E-state index contributed by atoms with van der Waals surface area (Å²) in [6.07, 6.45) is 0. The average Bonchev–Trinajstić information content (AvgIpc) is 3.20. The van der Waals surface area contributed by atoms with Crippen LogP contribution >= 0.6 is 44.2 Å². The lowest BCUT2D eigenvalue weighted by Crippen LogP contribution is -2.13. The highest BCUT2D eigenvalue weighted by molar-refractivity contribution is 9.10. The monoisotopic (exact) mass is 574 g/mol. The Morgan fingerprint density at radius 2 is 1.38 bits per heavy atom. The zero-order valence-corrected chi connectivity index (χ0v) is 21.9. The number of aromatic nitrogens is 1. The second kappa shape index (κ2) is 11.5. The maximum Gasteiger partial charge on any atom is 0.195 e. The van der Waals surface area contributed by atoms with E-state index in [1.54, 1.807) is 11.3 Å². The molecule has 0 saturated carbocycles. The van der Waals surface area contributed by atoms with Crippen molar-refractivity contribution in [3.8, 4) is 28.4 Å². The van der Waals surface area contributed by atoms with E-state index in [4.69, 9.17) is 14.5 Å². The highest BCUT2D eigenvalue weighted by Crippen LogP contribution is 2.27. The van der Waals surface area contributed by atoms with Crippen molar-refractivity contribution in [1.82, 2.24) is 4.57 Å². The summed E-state index contributed by atoms with van der Waals surface area (Å²) in [5.74, 6) is 1.71. The summed E-state index contributed by atoms with van der Waals surface area (Å²) >= 11 is 5.14. The molecular formula is C25H24Br2N2O2S. The predicted octanol–water partition coefficient (Wildman–Crippen LogP) is 7.58. The molecule has 0 fully saturated rings. The van der Waals surface area contributed by atoms with Gasteiger partial charge in [0.1, 0.15) is 11.5 Å². The van der Waals surface area contributed by atoms with Gasteiger partial charge in [-0.3, -0.25) is 4.57 Å². The standard InChI is InChI=1S/C25H23BrN2O2S.BrH/c1-3-29-22-13-9-20(10-14-22)27-25-28(21-11-15-23(16-12-21)30-4-2)24(17-31-25)18-5-7-19(26)8-6-18;/h5-17H,3-4H2,1-2H3;1H. The molecule has 3 aromatic carbocycles. The van der Waals surface area contributed by atoms with E-state index in [0.717, 1.165) is 43.4 Å². The number of rotatable bonds is 7. The first kappa shape index (κ1) is 24.3. The van der Waals surface area contributed by atoms with Crippen molar-refractivity contribution in [2.75, 3.05) is 13.2 Å². The van der Waals surface area contributed by atoms with Crippen molar-refractivity contribution in [2.45, 2.75) is 13.8 Å². The summed E-state index contributed by atoms with van der Waals surface area (Å²) in [5.41, 5.74) is 4.13. The van der Waals surface area contributed by atoms with Crippen LogP contribution in [0.15, 0.2) is 87.6 Å². The first-order valence-corrected chi connectivity index (χ1v) is 11.8. The molecule has 0 N–H and O–H groups in total. The number of thiazole rings is 1. The Labute approximate surface area is 211 Å². The normalized spacial score (nSPS) is 11.2. The van der Waals surface area contributed by atoms with E-state index in [1.165, 1.54) is 0 Å². The molecule has 166 valence electrons. The summed E-state index contributed by atoms with van der Waals surface area (Å²) in [7, 11) is 0. The van der Waals surface area contributed by atoms with Crippen molar-refractivity contribution < 1.29 is 9.47 Å². The molecule has 4 rings (SSSR count). The lowest BCUT2D eigenvalue weighted by Gasteiger charge is -2.11. The zero-order chi connectivity index (χ0) is 21.6. The van der Waals surface area contributed by atoms with Crippen LogP contribution in [0.25, 0.3) is 16.9 Å². The molecule has 0 aliphatic heterocycles. The largest absolute Gasteiger partial charge is 0.494 e. The molecule has 1 aromatic heterocycles. The second-order valence-corrected chi connectivity index (χ2v) is 8.46. The van der Waals surface area contributed by atoms with Gasteiger partial charge in [0.05, 0.1) is 24.6 Å². The molecule has 0 saturated heterocycles. The molecule has 0 amide bonds. The maximum absolute atomic E-state index is 5.62. The van der Waals surface area contributed by atoms with E-state index in [-0.39, 0.29) is 17.0 Å². The molecule has 0 spiro atoms. The number of nitrogens with zero attached hydrogens (tertiary/aromatic N) is 2. The Bertz CT molecular complexity index is 1200. The molecule has 0 radical (unpaired) electrons. The molecule has 0 bridgehead atoms. The molecule has 0 atom stereocenters. The van der Waals surface area contributed by atoms with Crippen LogP contribution in [0.2, 0.25) is 0 Å². The van der Waals surface area contributed by atoms with Crippen LogP contribution in [0, 0.1) is 0 Å². The van der Waals surface area contributed by atoms with Crippen molar-refractivity contribution in [1.29, 1.82) is 0 Å². The van der Waals surface area contributed by atoms with Crippen LogP contribution in [0.4, 0.5) is 5.69 Å². The number of ether oxygens (including phenoxy) is 2. The molecular weight excluding hydrogens is 552 g/mol. The third kappa shape index (κ3) is 5.71. The summed E-state index contributed by atoms with van der Waals surface area (Å²) in [4.78, 5) is 5.82. The first-order valence-electron chi connectivity index (χ1n) is 10.1. The predicted molar refractivity (Wildman–Crippen MR) is 141 cm³/mol. The lowest BCUT2D eigenvalue weighted by atomic mass is 10.1. The molecule has 0 unspecified atom stereocenters. The summed E-state index contributed by atoms with van der Waals surface area (Å²) in [6.45, 7) is 5.26. The summed E-state index contributed by atoms with van der Waals surface area (Å²) < 4.78 is 14.4. The van der Waals surface area contributed by atoms with Gasteiger partial charge < -0.3 is 9.47 Å². The highest BCUT2D eigenvalue weighted by atomic mass is 79.9. The van der Waals surface area contributed by atoms with Crippen LogP contribution < -0.4 is 14.3 Å². The van der Waals surface area contributed by atoms with E-state index in [2.05, 4.69) is 62.3 Å². The smallest absolute Gasteiger partial charge is 0.195 e. The number of benzene rings is 3. The van der Waals surface area contributed by atoms with Gasteiger partial charge in [0.2, 0.25) is 0 Å². The van der Waals surface area contributed by atoms with E-state index in [9.17, 15) is 0 Å². The Balaban J connectivity index is 0.00000289. The van der Waals surface area contributed by atoms with Gasteiger partial charge in [0, 0.05) is 15.5 Å². The zero-order valence-electron chi connectivity index (χ0n) is 17.8. The summed E-state index contributed by atoms with van der Waals surface area (Å²) in [5, 5.41) is 2.15. The van der Waals surface area contributed by atoms with Crippen molar-refractivity contribution in [3.63, 3.8) is 0 Å². The van der Waals surface area contributed by atoms with Gasteiger partial charge in [0.25, 0.3) is 0 Å². The fourth-order valence-electron chi connectivity index (χ4n) is 3.21. The topological polar surface area (TPSA) is 35.8 Å². The van der Waals surface area contributed by atoms with E-state index >= 15 is 0 Å². The van der Waals surface area contributed by atoms with Gasteiger partial charge in [-0.15, -0.1) is 28.3 Å². The van der Waals surface area contributed by atoms with Crippen molar-refractivity contribution in [2.24, 2.45) is 4.99 Å². The lowest BCUT2D eigenvalue weighted by molar-refractivity contribution is 0.340. The first-order chi connectivity index (χ1) is 15.2. The minimum absolute atomic E-state index is 0. The Morgan fingerprint density at radius 3 is 1.94 bits per heavy atom. The van der Waals surface area contributed by atoms with Gasteiger partial charge in [-0.1, -0.05) is 28.1 Å². The molecule has 4 aromatic rings. The van der Waals surface area contributed by atoms with Crippen LogP contribution in [0.5, 0.6) is 11.5 Å². The molecule has 0 aliphatic carbocycles. The van der Waals surface area contributed by atoms with Crippen molar-refractivity contribution >= 4 is 49.9 Å². The maximum atomic E-state index is 5.62.